The lowest BCUT2D eigenvalue weighted by Gasteiger charge is -2.48. The van der Waals surface area contributed by atoms with Gasteiger partial charge in [0.15, 0.2) is 0 Å². The minimum absolute atomic E-state index is 0.330. The van der Waals surface area contributed by atoms with E-state index in [4.69, 9.17) is 5.73 Å². The highest BCUT2D eigenvalue weighted by Gasteiger charge is 2.41. The molecule has 1 aromatic heterocycles. The summed E-state index contributed by atoms with van der Waals surface area (Å²) >= 11 is 0. The third-order valence-corrected chi connectivity index (χ3v) is 5.72. The summed E-state index contributed by atoms with van der Waals surface area (Å²) in [6.07, 6.45) is 5.33. The van der Waals surface area contributed by atoms with Crippen LogP contribution in [0.4, 0.5) is 0 Å². The van der Waals surface area contributed by atoms with Crippen LogP contribution in [0.3, 0.4) is 0 Å². The van der Waals surface area contributed by atoms with Gasteiger partial charge in [-0.2, -0.15) is 0 Å². The molecular formula is C18H31N3. The highest BCUT2D eigenvalue weighted by molar-refractivity contribution is 5.03. The molecule has 0 saturated heterocycles. The third kappa shape index (κ3) is 4.04. The van der Waals surface area contributed by atoms with Gasteiger partial charge in [-0.1, -0.05) is 26.8 Å². The van der Waals surface area contributed by atoms with Gasteiger partial charge in [0.05, 0.1) is 0 Å². The number of nitrogens with zero attached hydrogens (tertiary/aromatic N) is 2. The van der Waals surface area contributed by atoms with E-state index in [1.54, 1.807) is 0 Å². The van der Waals surface area contributed by atoms with Gasteiger partial charge in [0, 0.05) is 37.4 Å². The molecule has 3 atom stereocenters. The summed E-state index contributed by atoms with van der Waals surface area (Å²) in [6, 6.07) is 6.52. The van der Waals surface area contributed by atoms with Crippen LogP contribution >= 0.6 is 0 Å². The predicted octanol–water partition coefficient (Wildman–Crippen LogP) is 2.96. The molecule has 1 heterocycles. The SMILES string of the molecule is CC1C(N)CCC(CN(C)CCc2ccccn2)C1(C)C. The van der Waals surface area contributed by atoms with Crippen molar-refractivity contribution in [1.82, 2.24) is 9.88 Å². The maximum Gasteiger partial charge on any atom is 0.0416 e. The summed E-state index contributed by atoms with van der Waals surface area (Å²) in [5.41, 5.74) is 7.77. The Morgan fingerprint density at radius 2 is 2.10 bits per heavy atom. The number of pyridine rings is 1. The van der Waals surface area contributed by atoms with Crippen LogP contribution < -0.4 is 5.73 Å². The molecule has 1 aliphatic rings. The molecule has 0 bridgehead atoms. The van der Waals surface area contributed by atoms with Gasteiger partial charge in [-0.15, -0.1) is 0 Å². The Labute approximate surface area is 129 Å². The van der Waals surface area contributed by atoms with Gasteiger partial charge in [-0.3, -0.25) is 4.98 Å². The number of hydrogen-bond acceptors (Lipinski definition) is 3. The second-order valence-electron chi connectivity index (χ2n) is 7.38. The Balaban J connectivity index is 1.86. The van der Waals surface area contributed by atoms with Crippen molar-refractivity contribution in [1.29, 1.82) is 0 Å². The Morgan fingerprint density at radius 1 is 1.33 bits per heavy atom. The monoisotopic (exact) mass is 289 g/mol. The van der Waals surface area contributed by atoms with E-state index < -0.39 is 0 Å². The fourth-order valence-electron chi connectivity index (χ4n) is 3.58. The lowest BCUT2D eigenvalue weighted by atomic mass is 9.61. The van der Waals surface area contributed by atoms with Gasteiger partial charge in [0.2, 0.25) is 0 Å². The van der Waals surface area contributed by atoms with Crippen LogP contribution in [0.5, 0.6) is 0 Å². The van der Waals surface area contributed by atoms with E-state index in [2.05, 4.69) is 49.8 Å². The molecule has 21 heavy (non-hydrogen) atoms. The molecule has 118 valence electrons. The fraction of sp³-hybridized carbons (Fsp3) is 0.722. The van der Waals surface area contributed by atoms with Crippen LogP contribution in [0, 0.1) is 17.3 Å². The van der Waals surface area contributed by atoms with Crippen molar-refractivity contribution in [2.45, 2.75) is 46.1 Å². The first-order chi connectivity index (χ1) is 9.91. The number of rotatable bonds is 5. The number of likely N-dealkylation sites (N-methyl/N-ethyl adjacent to an activating group) is 1. The van der Waals surface area contributed by atoms with Gasteiger partial charge in [0.25, 0.3) is 0 Å². The van der Waals surface area contributed by atoms with Gasteiger partial charge in [0.1, 0.15) is 0 Å². The highest BCUT2D eigenvalue weighted by Crippen LogP contribution is 2.44. The van der Waals surface area contributed by atoms with Crippen LogP contribution in [0.15, 0.2) is 24.4 Å². The first-order valence-electron chi connectivity index (χ1n) is 8.25. The first-order valence-corrected chi connectivity index (χ1v) is 8.25. The molecule has 0 amide bonds. The number of aromatic nitrogens is 1. The van der Waals surface area contributed by atoms with Gasteiger partial charge >= 0.3 is 0 Å². The van der Waals surface area contributed by atoms with Crippen molar-refractivity contribution < 1.29 is 0 Å². The minimum Gasteiger partial charge on any atom is -0.327 e. The Kier molecular flexibility index (Phi) is 5.39. The summed E-state index contributed by atoms with van der Waals surface area (Å²) in [4.78, 5) is 6.87. The predicted molar refractivity (Wildman–Crippen MR) is 89.1 cm³/mol. The smallest absolute Gasteiger partial charge is 0.0416 e. The largest absolute Gasteiger partial charge is 0.327 e. The average Bonchev–Trinajstić information content (AvgIpc) is 2.47. The molecule has 3 nitrogen and oxygen atoms in total. The normalized spacial score (nSPS) is 28.8. The molecular weight excluding hydrogens is 258 g/mol. The number of hydrogen-bond donors (Lipinski definition) is 1. The lowest BCUT2D eigenvalue weighted by molar-refractivity contribution is 0.0340. The van der Waals surface area contributed by atoms with Crippen molar-refractivity contribution in [3.63, 3.8) is 0 Å². The zero-order valence-corrected chi connectivity index (χ0v) is 14.0. The Morgan fingerprint density at radius 3 is 2.76 bits per heavy atom. The summed E-state index contributed by atoms with van der Waals surface area (Å²) in [6.45, 7) is 9.35. The average molecular weight is 289 g/mol. The second kappa shape index (κ2) is 6.89. The van der Waals surface area contributed by atoms with E-state index in [1.165, 1.54) is 18.5 Å². The third-order valence-electron chi connectivity index (χ3n) is 5.72. The molecule has 1 fully saturated rings. The van der Waals surface area contributed by atoms with E-state index in [0.717, 1.165) is 25.4 Å². The van der Waals surface area contributed by atoms with Crippen LogP contribution in [0.2, 0.25) is 0 Å². The van der Waals surface area contributed by atoms with E-state index in [9.17, 15) is 0 Å². The maximum absolute atomic E-state index is 6.26. The quantitative estimate of drug-likeness (QED) is 0.906. The summed E-state index contributed by atoms with van der Waals surface area (Å²) < 4.78 is 0. The van der Waals surface area contributed by atoms with E-state index in [1.807, 2.05) is 12.3 Å². The summed E-state index contributed by atoms with van der Waals surface area (Å²) in [5, 5.41) is 0. The van der Waals surface area contributed by atoms with Crippen molar-refractivity contribution >= 4 is 0 Å². The van der Waals surface area contributed by atoms with Gasteiger partial charge < -0.3 is 10.6 Å². The molecule has 0 radical (unpaired) electrons. The van der Waals surface area contributed by atoms with Crippen molar-refractivity contribution in [2.24, 2.45) is 23.0 Å². The van der Waals surface area contributed by atoms with Crippen molar-refractivity contribution in [2.75, 3.05) is 20.1 Å². The maximum atomic E-state index is 6.26. The molecule has 2 rings (SSSR count). The van der Waals surface area contributed by atoms with Crippen molar-refractivity contribution in [3.8, 4) is 0 Å². The molecule has 3 heteroatoms. The van der Waals surface area contributed by atoms with Crippen LogP contribution in [0.1, 0.15) is 39.3 Å². The van der Waals surface area contributed by atoms with Crippen LogP contribution in [-0.4, -0.2) is 36.1 Å². The molecule has 0 spiro atoms. The van der Waals surface area contributed by atoms with E-state index in [-0.39, 0.29) is 0 Å². The van der Waals surface area contributed by atoms with Crippen LogP contribution in [-0.2, 0) is 6.42 Å². The Bertz CT molecular complexity index is 429. The van der Waals surface area contributed by atoms with Crippen LogP contribution in [0.25, 0.3) is 0 Å². The zero-order valence-electron chi connectivity index (χ0n) is 14.0. The molecule has 1 aliphatic carbocycles. The summed E-state index contributed by atoms with van der Waals surface area (Å²) in [7, 11) is 2.23. The fourth-order valence-corrected chi connectivity index (χ4v) is 3.58. The molecule has 0 aliphatic heterocycles. The first kappa shape index (κ1) is 16.4. The molecule has 3 unspecified atom stereocenters. The van der Waals surface area contributed by atoms with Crippen molar-refractivity contribution in [3.05, 3.63) is 30.1 Å². The highest BCUT2D eigenvalue weighted by atomic mass is 15.1. The molecule has 1 saturated carbocycles. The second-order valence-corrected chi connectivity index (χ2v) is 7.38. The van der Waals surface area contributed by atoms with Gasteiger partial charge in [-0.25, -0.2) is 0 Å². The lowest BCUT2D eigenvalue weighted by Crippen LogP contribution is -2.49. The molecule has 0 aromatic carbocycles. The van der Waals surface area contributed by atoms with E-state index in [0.29, 0.717) is 17.4 Å². The van der Waals surface area contributed by atoms with Gasteiger partial charge in [-0.05, 0) is 49.3 Å². The Hall–Kier alpha value is -0.930. The minimum atomic E-state index is 0.330. The molecule has 1 aromatic rings. The van der Waals surface area contributed by atoms with E-state index >= 15 is 0 Å². The molecule has 2 N–H and O–H groups in total. The topological polar surface area (TPSA) is 42.1 Å². The number of nitrogens with two attached hydrogens (primary N) is 1. The zero-order chi connectivity index (χ0) is 15.5. The standard InChI is InChI=1S/C18H31N3/c1-14-17(19)9-8-15(18(14,2)3)13-21(4)12-10-16-7-5-6-11-20-16/h5-7,11,14-15,17H,8-10,12-13,19H2,1-4H3. The summed E-state index contributed by atoms with van der Waals surface area (Å²) in [5.74, 6) is 1.33.